The Balaban J connectivity index is 3.04. The molecule has 2 nitrogen and oxygen atoms in total. The van der Waals surface area contributed by atoms with E-state index in [1.165, 1.54) is 18.1 Å². The zero-order valence-corrected chi connectivity index (χ0v) is 9.32. The topological polar surface area (TPSA) is 12.5 Å². The SMILES string of the molecule is CCOCCN(C)CCSCC. The van der Waals surface area contributed by atoms with Crippen LogP contribution in [-0.2, 0) is 4.74 Å². The Morgan fingerprint density at radius 3 is 2.58 bits per heavy atom. The van der Waals surface area contributed by atoms with E-state index in [2.05, 4.69) is 18.9 Å². The van der Waals surface area contributed by atoms with Gasteiger partial charge in [0.1, 0.15) is 0 Å². The van der Waals surface area contributed by atoms with Crippen molar-refractivity contribution in [1.29, 1.82) is 0 Å². The Morgan fingerprint density at radius 2 is 2.00 bits per heavy atom. The average molecular weight is 191 g/mol. The van der Waals surface area contributed by atoms with E-state index in [4.69, 9.17) is 4.74 Å². The van der Waals surface area contributed by atoms with Gasteiger partial charge in [0.2, 0.25) is 0 Å². The van der Waals surface area contributed by atoms with Gasteiger partial charge in [0.15, 0.2) is 0 Å². The number of rotatable bonds is 8. The lowest BCUT2D eigenvalue weighted by molar-refractivity contribution is 0.124. The minimum Gasteiger partial charge on any atom is -0.380 e. The second-order valence-electron chi connectivity index (χ2n) is 2.70. The Hall–Kier alpha value is 0.270. The molecule has 0 aliphatic carbocycles. The molecule has 0 bridgehead atoms. The first-order valence-corrected chi connectivity index (χ1v) is 5.80. The predicted molar refractivity (Wildman–Crippen MR) is 57.0 cm³/mol. The van der Waals surface area contributed by atoms with E-state index in [1.54, 1.807) is 0 Å². The molecule has 0 aromatic carbocycles. The third-order valence-electron chi connectivity index (χ3n) is 1.64. The number of nitrogens with zero attached hydrogens (tertiary/aromatic N) is 1. The van der Waals surface area contributed by atoms with Crippen LogP contribution in [0.1, 0.15) is 13.8 Å². The molecule has 0 heterocycles. The van der Waals surface area contributed by atoms with Crippen LogP contribution < -0.4 is 0 Å². The summed E-state index contributed by atoms with van der Waals surface area (Å²) in [6, 6.07) is 0. The molecule has 0 spiro atoms. The van der Waals surface area contributed by atoms with Crippen LogP contribution in [0, 0.1) is 0 Å². The third kappa shape index (κ3) is 8.37. The minimum atomic E-state index is 0.831. The lowest BCUT2D eigenvalue weighted by Crippen LogP contribution is -2.25. The summed E-state index contributed by atoms with van der Waals surface area (Å²) >= 11 is 1.99. The predicted octanol–water partition coefficient (Wildman–Crippen LogP) is 1.71. The molecule has 0 N–H and O–H groups in total. The Morgan fingerprint density at radius 1 is 1.25 bits per heavy atom. The second-order valence-corrected chi connectivity index (χ2v) is 4.09. The van der Waals surface area contributed by atoms with Crippen LogP contribution >= 0.6 is 11.8 Å². The summed E-state index contributed by atoms with van der Waals surface area (Å²) in [6.45, 7) is 8.16. The molecule has 0 unspecified atom stereocenters. The number of ether oxygens (including phenoxy) is 1. The summed E-state index contributed by atoms with van der Waals surface area (Å²) in [6.07, 6.45) is 0. The maximum Gasteiger partial charge on any atom is 0.0593 e. The van der Waals surface area contributed by atoms with Gasteiger partial charge >= 0.3 is 0 Å². The monoisotopic (exact) mass is 191 g/mol. The van der Waals surface area contributed by atoms with E-state index in [0.717, 1.165) is 19.8 Å². The summed E-state index contributed by atoms with van der Waals surface area (Å²) in [5.74, 6) is 2.46. The molecule has 0 rings (SSSR count). The fourth-order valence-electron chi connectivity index (χ4n) is 0.841. The number of thioether (sulfide) groups is 1. The van der Waals surface area contributed by atoms with E-state index in [9.17, 15) is 0 Å². The molecule has 0 fully saturated rings. The molecule has 0 radical (unpaired) electrons. The van der Waals surface area contributed by atoms with Gasteiger partial charge in [-0.3, -0.25) is 0 Å². The van der Waals surface area contributed by atoms with Crippen LogP contribution in [0.3, 0.4) is 0 Å². The normalized spacial score (nSPS) is 11.0. The molecule has 0 saturated heterocycles. The average Bonchev–Trinajstić information content (AvgIpc) is 2.06. The summed E-state index contributed by atoms with van der Waals surface area (Å²) in [5, 5.41) is 0. The van der Waals surface area contributed by atoms with Crippen molar-refractivity contribution in [1.82, 2.24) is 4.90 Å². The highest BCUT2D eigenvalue weighted by atomic mass is 32.2. The van der Waals surface area contributed by atoms with E-state index in [-0.39, 0.29) is 0 Å². The van der Waals surface area contributed by atoms with Crippen molar-refractivity contribution in [2.45, 2.75) is 13.8 Å². The fraction of sp³-hybridized carbons (Fsp3) is 1.00. The van der Waals surface area contributed by atoms with E-state index < -0.39 is 0 Å². The summed E-state index contributed by atoms with van der Waals surface area (Å²) in [4.78, 5) is 2.32. The molecule has 0 aromatic rings. The van der Waals surface area contributed by atoms with E-state index >= 15 is 0 Å². The molecule has 74 valence electrons. The molecule has 0 aliphatic heterocycles. The first kappa shape index (κ1) is 12.3. The summed E-state index contributed by atoms with van der Waals surface area (Å²) < 4.78 is 5.26. The van der Waals surface area contributed by atoms with Gasteiger partial charge in [-0.2, -0.15) is 11.8 Å². The van der Waals surface area contributed by atoms with Crippen molar-refractivity contribution in [2.75, 3.05) is 44.9 Å². The van der Waals surface area contributed by atoms with Crippen molar-refractivity contribution >= 4 is 11.8 Å². The fourth-order valence-corrected chi connectivity index (χ4v) is 1.57. The molecule has 0 saturated carbocycles. The van der Waals surface area contributed by atoms with Crippen LogP contribution in [0.5, 0.6) is 0 Å². The van der Waals surface area contributed by atoms with Crippen LogP contribution in [0.25, 0.3) is 0 Å². The minimum absolute atomic E-state index is 0.831. The highest BCUT2D eigenvalue weighted by molar-refractivity contribution is 7.99. The molecule has 0 aromatic heterocycles. The summed E-state index contributed by atoms with van der Waals surface area (Å²) in [7, 11) is 2.15. The highest BCUT2D eigenvalue weighted by Crippen LogP contribution is 1.98. The first-order valence-electron chi connectivity index (χ1n) is 4.65. The van der Waals surface area contributed by atoms with Crippen LogP contribution in [0.2, 0.25) is 0 Å². The maximum absolute atomic E-state index is 5.26. The highest BCUT2D eigenvalue weighted by Gasteiger charge is 1.96. The van der Waals surface area contributed by atoms with E-state index in [1.807, 2.05) is 18.7 Å². The van der Waals surface area contributed by atoms with Gasteiger partial charge in [-0.25, -0.2) is 0 Å². The smallest absolute Gasteiger partial charge is 0.0593 e. The molecular weight excluding hydrogens is 170 g/mol. The van der Waals surface area contributed by atoms with Crippen LogP contribution in [-0.4, -0.2) is 49.8 Å². The molecule has 12 heavy (non-hydrogen) atoms. The Labute approximate surface area is 80.7 Å². The molecule has 0 aliphatic rings. The van der Waals surface area contributed by atoms with Gasteiger partial charge in [0, 0.05) is 25.4 Å². The zero-order chi connectivity index (χ0) is 9.23. The largest absolute Gasteiger partial charge is 0.380 e. The van der Waals surface area contributed by atoms with Crippen molar-refractivity contribution in [3.8, 4) is 0 Å². The van der Waals surface area contributed by atoms with Gasteiger partial charge < -0.3 is 9.64 Å². The number of likely N-dealkylation sites (N-methyl/N-ethyl adjacent to an activating group) is 1. The Kier molecular flexibility index (Phi) is 9.57. The third-order valence-corrected chi connectivity index (χ3v) is 2.52. The van der Waals surface area contributed by atoms with Gasteiger partial charge in [-0.15, -0.1) is 0 Å². The second kappa shape index (κ2) is 9.36. The van der Waals surface area contributed by atoms with Gasteiger partial charge in [0.05, 0.1) is 6.61 Å². The van der Waals surface area contributed by atoms with Crippen molar-refractivity contribution in [3.63, 3.8) is 0 Å². The lowest BCUT2D eigenvalue weighted by Gasteiger charge is -2.15. The molecule has 0 amide bonds. The first-order chi connectivity index (χ1) is 5.81. The number of hydrogen-bond donors (Lipinski definition) is 0. The molecular formula is C9H21NOS. The van der Waals surface area contributed by atoms with Gasteiger partial charge in [-0.1, -0.05) is 6.92 Å². The molecule has 3 heteroatoms. The van der Waals surface area contributed by atoms with Crippen LogP contribution in [0.4, 0.5) is 0 Å². The maximum atomic E-state index is 5.26. The quantitative estimate of drug-likeness (QED) is 0.542. The van der Waals surface area contributed by atoms with Gasteiger partial charge in [0.25, 0.3) is 0 Å². The summed E-state index contributed by atoms with van der Waals surface area (Å²) in [5.41, 5.74) is 0. The lowest BCUT2D eigenvalue weighted by atomic mass is 10.5. The standard InChI is InChI=1S/C9H21NOS/c1-4-11-8-6-10(3)7-9-12-5-2/h4-9H2,1-3H3. The Bertz CT molecular complexity index is 80.6. The number of hydrogen-bond acceptors (Lipinski definition) is 3. The zero-order valence-electron chi connectivity index (χ0n) is 8.51. The molecule has 0 atom stereocenters. The van der Waals surface area contributed by atoms with Crippen LogP contribution in [0.15, 0.2) is 0 Å². The van der Waals surface area contributed by atoms with Crippen molar-refractivity contribution in [2.24, 2.45) is 0 Å². The van der Waals surface area contributed by atoms with E-state index in [0.29, 0.717) is 0 Å². The van der Waals surface area contributed by atoms with Crippen molar-refractivity contribution < 1.29 is 4.74 Å². The van der Waals surface area contributed by atoms with Gasteiger partial charge in [-0.05, 0) is 19.7 Å². The van der Waals surface area contributed by atoms with Crippen molar-refractivity contribution in [3.05, 3.63) is 0 Å².